The van der Waals surface area contributed by atoms with Crippen molar-refractivity contribution in [3.8, 4) is 44.5 Å². The molecule has 0 N–H and O–H groups in total. The van der Waals surface area contributed by atoms with Crippen molar-refractivity contribution < 1.29 is 0 Å². The van der Waals surface area contributed by atoms with Crippen molar-refractivity contribution in [1.29, 1.82) is 0 Å². The Balaban J connectivity index is 1.15. The fraction of sp³-hybridized carbons (Fsp3) is 0.0233. The molecule has 0 bridgehead atoms. The Morgan fingerprint density at radius 3 is 1.52 bits per heavy atom. The Labute approximate surface area is 256 Å². The first-order chi connectivity index (χ1) is 21.7. The van der Waals surface area contributed by atoms with Crippen LogP contribution >= 0.6 is 0 Å². The van der Waals surface area contributed by atoms with Crippen LogP contribution in [0.1, 0.15) is 5.56 Å². The van der Waals surface area contributed by atoms with E-state index in [2.05, 4.69) is 169 Å². The van der Waals surface area contributed by atoms with E-state index in [4.69, 9.17) is 0 Å². The third kappa shape index (κ3) is 3.87. The lowest BCUT2D eigenvalue weighted by molar-refractivity contribution is 1.36. The maximum absolute atomic E-state index is 2.45. The van der Waals surface area contributed by atoms with Gasteiger partial charge in [0.05, 0.1) is 16.6 Å². The van der Waals surface area contributed by atoms with Crippen molar-refractivity contribution in [2.24, 2.45) is 0 Å². The number of aryl methyl sites for hydroxylation is 1. The molecular formula is C43H29N. The number of nitrogens with zero attached hydrogens (tertiary/aromatic N) is 1. The summed E-state index contributed by atoms with van der Waals surface area (Å²) >= 11 is 0. The molecule has 0 saturated carbocycles. The SMILES string of the molecule is Cc1ccc2c(c1)c1cc(-c3cccc(-c4cccc(-c5ccc(-c6ccccc6)cc5)c4)c3)cc3c4ccccc4n2c31. The Hall–Kier alpha value is -5.66. The van der Waals surface area contributed by atoms with Crippen molar-refractivity contribution in [2.45, 2.75) is 6.92 Å². The lowest BCUT2D eigenvalue weighted by Gasteiger charge is -2.10. The van der Waals surface area contributed by atoms with Crippen molar-refractivity contribution >= 4 is 38.1 Å². The molecule has 0 radical (unpaired) electrons. The molecule has 1 heteroatoms. The number of hydrogen-bond donors (Lipinski definition) is 0. The van der Waals surface area contributed by atoms with Crippen LogP contribution in [-0.2, 0) is 0 Å². The van der Waals surface area contributed by atoms with Crippen LogP contribution in [0.4, 0.5) is 0 Å². The van der Waals surface area contributed by atoms with Gasteiger partial charge in [-0.15, -0.1) is 0 Å². The zero-order valence-electron chi connectivity index (χ0n) is 24.5. The highest BCUT2D eigenvalue weighted by molar-refractivity contribution is 6.24. The summed E-state index contributed by atoms with van der Waals surface area (Å²) in [6.07, 6.45) is 0. The highest BCUT2D eigenvalue weighted by atomic mass is 14.9. The van der Waals surface area contributed by atoms with E-state index in [1.165, 1.54) is 88.2 Å². The minimum absolute atomic E-state index is 1.22. The van der Waals surface area contributed by atoms with Gasteiger partial charge in [-0.2, -0.15) is 0 Å². The number of aromatic nitrogens is 1. The van der Waals surface area contributed by atoms with Crippen LogP contribution in [0.3, 0.4) is 0 Å². The summed E-state index contributed by atoms with van der Waals surface area (Å²) in [4.78, 5) is 0. The first-order valence-corrected chi connectivity index (χ1v) is 15.3. The second-order valence-corrected chi connectivity index (χ2v) is 11.9. The van der Waals surface area contributed by atoms with Gasteiger partial charge in [-0.25, -0.2) is 0 Å². The number of para-hydroxylation sites is 1. The number of hydrogen-bond acceptors (Lipinski definition) is 0. The second-order valence-electron chi connectivity index (χ2n) is 11.9. The van der Waals surface area contributed by atoms with Crippen molar-refractivity contribution in [2.75, 3.05) is 0 Å². The van der Waals surface area contributed by atoms with E-state index < -0.39 is 0 Å². The molecule has 0 atom stereocenters. The average molecular weight is 560 g/mol. The summed E-state index contributed by atoms with van der Waals surface area (Å²) in [5, 5.41) is 5.26. The summed E-state index contributed by atoms with van der Waals surface area (Å²) in [6.45, 7) is 2.18. The van der Waals surface area contributed by atoms with Crippen LogP contribution in [0.25, 0.3) is 82.6 Å². The molecule has 44 heavy (non-hydrogen) atoms. The number of fused-ring (bicyclic) bond motifs is 6. The predicted octanol–water partition coefficient (Wildman–Crippen LogP) is 11.8. The zero-order valence-corrected chi connectivity index (χ0v) is 24.5. The topological polar surface area (TPSA) is 4.41 Å². The van der Waals surface area contributed by atoms with Crippen LogP contribution in [0, 0.1) is 6.92 Å². The molecule has 0 amide bonds. The summed E-state index contributed by atoms with van der Waals surface area (Å²) in [5.41, 5.74) is 15.0. The first kappa shape index (κ1) is 24.9. The van der Waals surface area contributed by atoms with Gasteiger partial charge in [0.2, 0.25) is 0 Å². The van der Waals surface area contributed by atoms with Gasteiger partial charge in [0, 0.05) is 21.5 Å². The van der Waals surface area contributed by atoms with Crippen LogP contribution in [0.2, 0.25) is 0 Å². The van der Waals surface area contributed by atoms with Crippen molar-refractivity contribution in [3.63, 3.8) is 0 Å². The lowest BCUT2D eigenvalue weighted by atomic mass is 9.94. The molecule has 0 unspecified atom stereocenters. The minimum atomic E-state index is 1.22. The second kappa shape index (κ2) is 9.69. The maximum Gasteiger partial charge on any atom is 0.0620 e. The molecule has 9 aromatic rings. The van der Waals surface area contributed by atoms with Gasteiger partial charge in [-0.3, -0.25) is 0 Å². The van der Waals surface area contributed by atoms with Gasteiger partial charge >= 0.3 is 0 Å². The summed E-state index contributed by atoms with van der Waals surface area (Å²) < 4.78 is 2.45. The summed E-state index contributed by atoms with van der Waals surface area (Å²) in [5.74, 6) is 0. The van der Waals surface area contributed by atoms with Gasteiger partial charge in [0.25, 0.3) is 0 Å². The van der Waals surface area contributed by atoms with E-state index >= 15 is 0 Å². The van der Waals surface area contributed by atoms with E-state index in [-0.39, 0.29) is 0 Å². The number of benzene rings is 7. The smallest absolute Gasteiger partial charge is 0.0620 e. The van der Waals surface area contributed by atoms with E-state index in [1.807, 2.05) is 0 Å². The minimum Gasteiger partial charge on any atom is -0.308 e. The number of rotatable bonds is 4. The molecule has 0 aliphatic carbocycles. The van der Waals surface area contributed by atoms with E-state index in [0.29, 0.717) is 0 Å². The molecule has 2 aromatic heterocycles. The van der Waals surface area contributed by atoms with Crippen LogP contribution in [0.15, 0.2) is 158 Å². The first-order valence-electron chi connectivity index (χ1n) is 15.3. The molecule has 0 saturated heterocycles. The maximum atomic E-state index is 2.45. The molecule has 9 rings (SSSR count). The Kier molecular flexibility index (Phi) is 5.48. The fourth-order valence-corrected chi connectivity index (χ4v) is 7.02. The Morgan fingerprint density at radius 2 is 0.818 bits per heavy atom. The molecule has 0 aliphatic heterocycles. The molecule has 2 heterocycles. The molecule has 0 fully saturated rings. The molecular weight excluding hydrogens is 530 g/mol. The molecule has 206 valence electrons. The molecule has 0 spiro atoms. The van der Waals surface area contributed by atoms with E-state index in [9.17, 15) is 0 Å². The zero-order chi connectivity index (χ0) is 29.2. The molecule has 0 aliphatic rings. The van der Waals surface area contributed by atoms with Crippen LogP contribution < -0.4 is 0 Å². The summed E-state index contributed by atoms with van der Waals surface area (Å²) in [7, 11) is 0. The highest BCUT2D eigenvalue weighted by Gasteiger charge is 2.19. The Morgan fingerprint density at radius 1 is 0.318 bits per heavy atom. The predicted molar refractivity (Wildman–Crippen MR) is 188 cm³/mol. The van der Waals surface area contributed by atoms with Gasteiger partial charge in [0.15, 0.2) is 0 Å². The van der Waals surface area contributed by atoms with Gasteiger partial charge < -0.3 is 4.40 Å². The Bertz CT molecular complexity index is 2480. The van der Waals surface area contributed by atoms with Crippen LogP contribution in [-0.4, -0.2) is 4.40 Å². The quantitative estimate of drug-likeness (QED) is 0.202. The molecule has 7 aromatic carbocycles. The van der Waals surface area contributed by atoms with Gasteiger partial charge in [0.1, 0.15) is 0 Å². The van der Waals surface area contributed by atoms with Gasteiger partial charge in [-0.1, -0.05) is 121 Å². The largest absolute Gasteiger partial charge is 0.308 e. The van der Waals surface area contributed by atoms with Gasteiger partial charge in [-0.05, 0) is 93.9 Å². The van der Waals surface area contributed by atoms with Crippen LogP contribution in [0.5, 0.6) is 0 Å². The monoisotopic (exact) mass is 559 g/mol. The van der Waals surface area contributed by atoms with E-state index in [0.717, 1.165) is 0 Å². The summed E-state index contributed by atoms with van der Waals surface area (Å²) in [6, 6.07) is 57.8. The highest BCUT2D eigenvalue weighted by Crippen LogP contribution is 2.42. The average Bonchev–Trinajstić information content (AvgIpc) is 3.60. The van der Waals surface area contributed by atoms with Crippen molar-refractivity contribution in [3.05, 3.63) is 163 Å². The van der Waals surface area contributed by atoms with Crippen molar-refractivity contribution in [1.82, 2.24) is 4.40 Å². The van der Waals surface area contributed by atoms with E-state index in [1.54, 1.807) is 0 Å². The standard InChI is InChI=1S/C43H29N/c1-28-17-22-42-38(23-28)40-27-36(26-39-37-15-5-6-16-41(37)44(42)43(39)40)35-14-8-13-34(25-35)33-12-7-11-32(24-33)31-20-18-30(19-21-31)29-9-3-2-4-10-29/h2-27H,1H3. The normalized spacial score (nSPS) is 11.8. The third-order valence-corrected chi connectivity index (χ3v) is 9.17. The molecule has 1 nitrogen and oxygen atoms in total. The third-order valence-electron chi connectivity index (χ3n) is 9.17. The fourth-order valence-electron chi connectivity index (χ4n) is 7.02. The lowest BCUT2D eigenvalue weighted by Crippen LogP contribution is -1.84.